The number of hydrogen-bond acceptors (Lipinski definition) is 5. The number of H-pyrrole nitrogens is 1. The first-order valence-electron chi connectivity index (χ1n) is 8.67. The number of aryl methyl sites for hydroxylation is 2. The van der Waals surface area contributed by atoms with E-state index in [1.165, 1.54) is 0 Å². The van der Waals surface area contributed by atoms with Crippen LogP contribution < -0.4 is 5.32 Å². The van der Waals surface area contributed by atoms with Crippen LogP contribution in [0.15, 0.2) is 12.4 Å². The van der Waals surface area contributed by atoms with Crippen LogP contribution in [0.25, 0.3) is 0 Å². The van der Waals surface area contributed by atoms with Crippen molar-refractivity contribution >= 4 is 12.0 Å². The van der Waals surface area contributed by atoms with Crippen molar-refractivity contribution in [2.24, 2.45) is 0 Å². The van der Waals surface area contributed by atoms with Gasteiger partial charge in [0, 0.05) is 36.7 Å². The molecule has 3 heterocycles. The average Bonchev–Trinajstić information content (AvgIpc) is 2.96. The molecule has 0 spiro atoms. The van der Waals surface area contributed by atoms with E-state index in [1.54, 1.807) is 24.2 Å². The topological polar surface area (TPSA) is 100 Å². The molecule has 0 fully saturated rings. The Morgan fingerprint density at radius 2 is 2.15 bits per heavy atom. The summed E-state index contributed by atoms with van der Waals surface area (Å²) in [5, 5.41) is 10.00. The first-order valence-corrected chi connectivity index (χ1v) is 8.67. The van der Waals surface area contributed by atoms with E-state index in [-0.39, 0.29) is 12.0 Å². The number of amides is 2. The van der Waals surface area contributed by atoms with Gasteiger partial charge >= 0.3 is 6.09 Å². The van der Waals surface area contributed by atoms with Gasteiger partial charge in [-0.05, 0) is 38.3 Å². The standard InChI is InChI=1S/C18H23N5O3/c1-4-26-18(25)23-6-5-14-13(10-23)7-19-8-16(14)17(24)20-9-15-11(2)21-22-12(15)3/h7-8H,4-6,9-10H2,1-3H3,(H,20,24)(H,21,22). The number of nitrogens with one attached hydrogen (secondary N) is 2. The number of aromatic amines is 1. The molecule has 0 aliphatic carbocycles. The fraction of sp³-hybridized carbons (Fsp3) is 0.444. The zero-order chi connectivity index (χ0) is 18.7. The Kier molecular flexibility index (Phi) is 5.20. The second-order valence-electron chi connectivity index (χ2n) is 6.29. The van der Waals surface area contributed by atoms with Gasteiger partial charge in [-0.2, -0.15) is 5.10 Å². The molecule has 3 rings (SSSR count). The number of pyridine rings is 1. The molecule has 1 aliphatic heterocycles. The average molecular weight is 357 g/mol. The van der Waals surface area contributed by atoms with Crippen molar-refractivity contribution in [2.45, 2.75) is 40.3 Å². The fourth-order valence-corrected chi connectivity index (χ4v) is 3.16. The van der Waals surface area contributed by atoms with Crippen LogP contribution in [0.4, 0.5) is 4.79 Å². The molecule has 138 valence electrons. The van der Waals surface area contributed by atoms with E-state index in [1.807, 2.05) is 13.8 Å². The SMILES string of the molecule is CCOC(=O)N1CCc2c(cncc2C(=O)NCc2c(C)n[nH]c2C)C1. The third-order valence-electron chi connectivity index (χ3n) is 4.62. The van der Waals surface area contributed by atoms with E-state index >= 15 is 0 Å². The second kappa shape index (κ2) is 7.55. The van der Waals surface area contributed by atoms with Crippen molar-refractivity contribution in [3.8, 4) is 0 Å². The predicted octanol–water partition coefficient (Wildman–Crippen LogP) is 1.87. The summed E-state index contributed by atoms with van der Waals surface area (Å²) in [6.45, 7) is 7.29. The molecule has 1 aliphatic rings. The van der Waals surface area contributed by atoms with Crippen LogP contribution in [0, 0.1) is 13.8 Å². The zero-order valence-corrected chi connectivity index (χ0v) is 15.3. The summed E-state index contributed by atoms with van der Waals surface area (Å²) < 4.78 is 5.05. The molecule has 0 aromatic carbocycles. The lowest BCUT2D eigenvalue weighted by molar-refractivity contribution is 0.0947. The van der Waals surface area contributed by atoms with Gasteiger partial charge in [0.25, 0.3) is 5.91 Å². The highest BCUT2D eigenvalue weighted by Crippen LogP contribution is 2.22. The second-order valence-corrected chi connectivity index (χ2v) is 6.29. The Morgan fingerprint density at radius 1 is 1.35 bits per heavy atom. The minimum atomic E-state index is -0.334. The third-order valence-corrected chi connectivity index (χ3v) is 4.62. The highest BCUT2D eigenvalue weighted by molar-refractivity contribution is 5.95. The van der Waals surface area contributed by atoms with Crippen molar-refractivity contribution in [1.29, 1.82) is 0 Å². The maximum absolute atomic E-state index is 12.7. The van der Waals surface area contributed by atoms with Gasteiger partial charge in [0.2, 0.25) is 0 Å². The Hall–Kier alpha value is -2.90. The summed E-state index contributed by atoms with van der Waals surface area (Å²) >= 11 is 0. The van der Waals surface area contributed by atoms with Crippen LogP contribution in [-0.2, 0) is 24.2 Å². The molecule has 0 atom stereocenters. The Labute approximate surface area is 151 Å². The first kappa shape index (κ1) is 17.9. The summed E-state index contributed by atoms with van der Waals surface area (Å²) in [5.41, 5.74) is 5.20. The van der Waals surface area contributed by atoms with E-state index in [0.29, 0.717) is 38.2 Å². The van der Waals surface area contributed by atoms with E-state index in [0.717, 1.165) is 28.1 Å². The van der Waals surface area contributed by atoms with Gasteiger partial charge in [0.1, 0.15) is 0 Å². The van der Waals surface area contributed by atoms with Gasteiger partial charge in [0.05, 0.1) is 24.4 Å². The van der Waals surface area contributed by atoms with Crippen LogP contribution >= 0.6 is 0 Å². The van der Waals surface area contributed by atoms with Crippen molar-refractivity contribution in [1.82, 2.24) is 25.4 Å². The minimum Gasteiger partial charge on any atom is -0.450 e. The maximum atomic E-state index is 12.7. The van der Waals surface area contributed by atoms with E-state index < -0.39 is 0 Å². The molecule has 2 amide bonds. The monoisotopic (exact) mass is 357 g/mol. The van der Waals surface area contributed by atoms with Crippen molar-refractivity contribution in [2.75, 3.05) is 13.2 Å². The fourth-order valence-electron chi connectivity index (χ4n) is 3.16. The Bertz CT molecular complexity index is 811. The van der Waals surface area contributed by atoms with Crippen LogP contribution in [-0.4, -0.2) is 45.2 Å². The summed E-state index contributed by atoms with van der Waals surface area (Å²) in [4.78, 5) is 30.4. The summed E-state index contributed by atoms with van der Waals surface area (Å²) in [5.74, 6) is -0.168. The van der Waals surface area contributed by atoms with Crippen LogP contribution in [0.5, 0.6) is 0 Å². The highest BCUT2D eigenvalue weighted by atomic mass is 16.6. The smallest absolute Gasteiger partial charge is 0.410 e. The van der Waals surface area contributed by atoms with Crippen LogP contribution in [0.1, 0.15) is 45.4 Å². The molecule has 0 saturated carbocycles. The van der Waals surface area contributed by atoms with Crippen LogP contribution in [0.3, 0.4) is 0 Å². The van der Waals surface area contributed by atoms with E-state index in [2.05, 4.69) is 20.5 Å². The molecule has 8 heteroatoms. The molecule has 0 unspecified atom stereocenters. The lowest BCUT2D eigenvalue weighted by Gasteiger charge is -2.28. The quantitative estimate of drug-likeness (QED) is 0.870. The summed E-state index contributed by atoms with van der Waals surface area (Å²) in [7, 11) is 0. The molecule has 8 nitrogen and oxygen atoms in total. The van der Waals surface area contributed by atoms with Crippen molar-refractivity contribution in [3.05, 3.63) is 46.0 Å². The molecule has 2 N–H and O–H groups in total. The molecule has 0 radical (unpaired) electrons. The predicted molar refractivity (Wildman–Crippen MR) is 94.6 cm³/mol. The summed E-state index contributed by atoms with van der Waals surface area (Å²) in [6.07, 6.45) is 3.56. The van der Waals surface area contributed by atoms with Gasteiger partial charge in [-0.3, -0.25) is 14.9 Å². The number of aromatic nitrogens is 3. The molecule has 2 aromatic heterocycles. The minimum absolute atomic E-state index is 0.168. The highest BCUT2D eigenvalue weighted by Gasteiger charge is 2.25. The lowest BCUT2D eigenvalue weighted by Crippen LogP contribution is -2.37. The lowest BCUT2D eigenvalue weighted by atomic mass is 9.97. The normalized spacial score (nSPS) is 13.3. The molecular weight excluding hydrogens is 334 g/mol. The molecule has 0 bridgehead atoms. The number of fused-ring (bicyclic) bond motifs is 1. The number of nitrogens with zero attached hydrogens (tertiary/aromatic N) is 3. The van der Waals surface area contributed by atoms with Gasteiger partial charge in [-0.1, -0.05) is 0 Å². The molecule has 0 saturated heterocycles. The Morgan fingerprint density at radius 3 is 2.85 bits per heavy atom. The Balaban J connectivity index is 1.73. The number of ether oxygens (including phenoxy) is 1. The van der Waals surface area contributed by atoms with Crippen LogP contribution in [0.2, 0.25) is 0 Å². The molecule has 2 aromatic rings. The zero-order valence-electron chi connectivity index (χ0n) is 15.3. The van der Waals surface area contributed by atoms with Gasteiger partial charge in [-0.15, -0.1) is 0 Å². The van der Waals surface area contributed by atoms with Crippen molar-refractivity contribution < 1.29 is 14.3 Å². The van der Waals surface area contributed by atoms with E-state index in [4.69, 9.17) is 4.74 Å². The largest absolute Gasteiger partial charge is 0.450 e. The van der Waals surface area contributed by atoms with E-state index in [9.17, 15) is 9.59 Å². The summed E-state index contributed by atoms with van der Waals surface area (Å²) in [6, 6.07) is 0. The first-order chi connectivity index (χ1) is 12.5. The number of hydrogen-bond donors (Lipinski definition) is 2. The van der Waals surface area contributed by atoms with Gasteiger partial charge in [0.15, 0.2) is 0 Å². The van der Waals surface area contributed by atoms with Gasteiger partial charge < -0.3 is 15.0 Å². The molecular formula is C18H23N5O3. The van der Waals surface area contributed by atoms with Gasteiger partial charge in [-0.25, -0.2) is 4.79 Å². The molecule has 26 heavy (non-hydrogen) atoms. The maximum Gasteiger partial charge on any atom is 0.410 e. The number of carbonyl (C=O) groups is 2. The van der Waals surface area contributed by atoms with Crippen molar-refractivity contribution in [3.63, 3.8) is 0 Å². The number of carbonyl (C=O) groups excluding carboxylic acids is 2. The third kappa shape index (κ3) is 3.54. The number of rotatable bonds is 4.